The van der Waals surface area contributed by atoms with Crippen LogP contribution in [0.15, 0.2) is 35.5 Å². The molecular weight excluding hydrogens is 224 g/mol. The van der Waals surface area contributed by atoms with Gasteiger partial charge in [-0.05, 0) is 33.6 Å². The van der Waals surface area contributed by atoms with Gasteiger partial charge in [0.1, 0.15) is 0 Å². The van der Waals surface area contributed by atoms with Gasteiger partial charge in [-0.3, -0.25) is 0 Å². The lowest BCUT2D eigenvalue weighted by molar-refractivity contribution is -0.122. The largest absolute Gasteiger partial charge is 0.355 e. The second kappa shape index (κ2) is 10.1. The fourth-order valence-electron chi connectivity index (χ4n) is 1.68. The lowest BCUT2D eigenvalue weighted by Gasteiger charge is -2.17. The molecule has 1 atom stereocenters. The highest BCUT2D eigenvalue weighted by Crippen LogP contribution is 2.11. The van der Waals surface area contributed by atoms with Crippen LogP contribution >= 0.6 is 0 Å². The van der Waals surface area contributed by atoms with Gasteiger partial charge in [0, 0.05) is 20.1 Å². The van der Waals surface area contributed by atoms with E-state index in [4.69, 9.17) is 9.47 Å². The molecule has 0 aromatic rings. The van der Waals surface area contributed by atoms with E-state index in [1.807, 2.05) is 0 Å². The predicted molar refractivity (Wildman–Crippen MR) is 78.5 cm³/mol. The molecule has 0 N–H and O–H groups in total. The van der Waals surface area contributed by atoms with Crippen molar-refractivity contribution in [1.82, 2.24) is 0 Å². The molecule has 2 nitrogen and oxygen atoms in total. The average molecular weight is 252 g/mol. The summed E-state index contributed by atoms with van der Waals surface area (Å²) in [5.74, 6) is 0.252. The quantitative estimate of drug-likeness (QED) is 0.360. The Morgan fingerprint density at radius 2 is 1.72 bits per heavy atom. The van der Waals surface area contributed by atoms with E-state index >= 15 is 0 Å². The molecule has 0 aromatic carbocycles. The lowest BCUT2D eigenvalue weighted by atomic mass is 10.1. The molecule has 0 heterocycles. The summed E-state index contributed by atoms with van der Waals surface area (Å²) in [6, 6.07) is 0. The zero-order valence-electron chi connectivity index (χ0n) is 12.7. The summed E-state index contributed by atoms with van der Waals surface area (Å²) >= 11 is 0. The van der Waals surface area contributed by atoms with Crippen LogP contribution in [0.5, 0.6) is 0 Å². The van der Waals surface area contributed by atoms with E-state index in [0.29, 0.717) is 0 Å². The molecule has 0 saturated heterocycles. The van der Waals surface area contributed by atoms with Gasteiger partial charge in [-0.25, -0.2) is 0 Å². The molecule has 1 unspecified atom stereocenters. The zero-order valence-corrected chi connectivity index (χ0v) is 12.7. The van der Waals surface area contributed by atoms with Crippen LogP contribution in [-0.2, 0) is 9.47 Å². The van der Waals surface area contributed by atoms with Gasteiger partial charge in [-0.2, -0.15) is 0 Å². The smallest absolute Gasteiger partial charge is 0.162 e. The Hall–Kier alpha value is -0.860. The Morgan fingerprint density at radius 3 is 2.22 bits per heavy atom. The Bertz CT molecular complexity index is 292. The zero-order chi connectivity index (χ0) is 14.0. The highest BCUT2D eigenvalue weighted by atomic mass is 16.7. The molecule has 2 heteroatoms. The molecule has 0 aliphatic rings. The van der Waals surface area contributed by atoms with E-state index in [2.05, 4.69) is 52.0 Å². The van der Waals surface area contributed by atoms with Gasteiger partial charge < -0.3 is 9.47 Å². The van der Waals surface area contributed by atoms with Crippen LogP contribution in [0.2, 0.25) is 0 Å². The summed E-state index contributed by atoms with van der Waals surface area (Å²) in [5, 5.41) is 0. The fraction of sp³-hybridized carbons (Fsp3) is 0.625. The fourth-order valence-corrected chi connectivity index (χ4v) is 1.68. The first kappa shape index (κ1) is 17.1. The van der Waals surface area contributed by atoms with Crippen LogP contribution in [0.3, 0.4) is 0 Å². The maximum Gasteiger partial charge on any atom is 0.162 e. The molecule has 0 aromatic heterocycles. The third-order valence-electron chi connectivity index (χ3n) is 2.78. The molecule has 0 aliphatic carbocycles. The van der Waals surface area contributed by atoms with Gasteiger partial charge >= 0.3 is 0 Å². The molecule has 0 radical (unpaired) electrons. The van der Waals surface area contributed by atoms with Crippen LogP contribution in [0, 0.1) is 5.92 Å². The first-order chi connectivity index (χ1) is 8.51. The number of ether oxygens (including phenoxy) is 2. The summed E-state index contributed by atoms with van der Waals surface area (Å²) in [4.78, 5) is 0. The lowest BCUT2D eigenvalue weighted by Crippen LogP contribution is -2.20. The van der Waals surface area contributed by atoms with E-state index in [9.17, 15) is 0 Å². The average Bonchev–Trinajstić information content (AvgIpc) is 2.30. The summed E-state index contributed by atoms with van der Waals surface area (Å²) in [7, 11) is 3.33. The van der Waals surface area contributed by atoms with Gasteiger partial charge in [0.15, 0.2) is 6.29 Å². The van der Waals surface area contributed by atoms with Crippen molar-refractivity contribution < 1.29 is 9.47 Å². The monoisotopic (exact) mass is 252 g/mol. The van der Waals surface area contributed by atoms with Crippen molar-refractivity contribution in [1.29, 1.82) is 0 Å². The first-order valence-corrected chi connectivity index (χ1v) is 6.54. The Morgan fingerprint density at radius 1 is 1.11 bits per heavy atom. The van der Waals surface area contributed by atoms with Crippen LogP contribution in [-0.4, -0.2) is 20.5 Å². The van der Waals surface area contributed by atoms with Gasteiger partial charge in [0.05, 0.1) is 0 Å². The molecule has 18 heavy (non-hydrogen) atoms. The van der Waals surface area contributed by atoms with E-state index in [1.165, 1.54) is 11.1 Å². The number of methoxy groups -OCH3 is 2. The van der Waals surface area contributed by atoms with Gasteiger partial charge in [-0.1, -0.05) is 42.4 Å². The molecule has 104 valence electrons. The third-order valence-corrected chi connectivity index (χ3v) is 2.78. The normalized spacial score (nSPS) is 14.3. The van der Waals surface area contributed by atoms with Crippen molar-refractivity contribution >= 4 is 0 Å². The first-order valence-electron chi connectivity index (χ1n) is 6.54. The van der Waals surface area contributed by atoms with Crippen molar-refractivity contribution in [3.8, 4) is 0 Å². The summed E-state index contributed by atoms with van der Waals surface area (Å²) < 4.78 is 10.4. The number of hydrogen-bond donors (Lipinski definition) is 0. The number of allylic oxidation sites excluding steroid dienone is 5. The van der Waals surface area contributed by atoms with Crippen molar-refractivity contribution in [2.45, 2.75) is 46.8 Å². The van der Waals surface area contributed by atoms with E-state index < -0.39 is 0 Å². The third kappa shape index (κ3) is 8.26. The van der Waals surface area contributed by atoms with Gasteiger partial charge in [0.25, 0.3) is 0 Å². The molecule has 0 fully saturated rings. The van der Waals surface area contributed by atoms with Gasteiger partial charge in [0.2, 0.25) is 0 Å². The summed E-state index contributed by atoms with van der Waals surface area (Å²) in [6.07, 6.45) is 10.7. The van der Waals surface area contributed by atoms with Crippen molar-refractivity contribution in [3.63, 3.8) is 0 Å². The van der Waals surface area contributed by atoms with Crippen molar-refractivity contribution in [3.05, 3.63) is 35.5 Å². The van der Waals surface area contributed by atoms with Crippen LogP contribution in [0.1, 0.15) is 40.5 Å². The highest BCUT2D eigenvalue weighted by Gasteiger charge is 2.11. The van der Waals surface area contributed by atoms with Crippen molar-refractivity contribution in [2.75, 3.05) is 14.2 Å². The van der Waals surface area contributed by atoms with E-state index in [1.54, 1.807) is 14.2 Å². The van der Waals surface area contributed by atoms with Crippen molar-refractivity contribution in [2.24, 2.45) is 5.92 Å². The van der Waals surface area contributed by atoms with Crippen LogP contribution < -0.4 is 0 Å². The standard InChI is InChI=1S/C16H28O2/c1-13(2)9-7-10-14(3)11-8-12-15(4)16(17-5)18-6/h8-9,11-12,15-16H,7,10H2,1-6H3/b12-8-,14-11+. The molecule has 0 spiro atoms. The minimum absolute atomic E-state index is 0.166. The Balaban J connectivity index is 4.15. The highest BCUT2D eigenvalue weighted by molar-refractivity contribution is 5.12. The second-order valence-corrected chi connectivity index (χ2v) is 4.92. The van der Waals surface area contributed by atoms with E-state index in [0.717, 1.165) is 12.8 Å². The number of hydrogen-bond acceptors (Lipinski definition) is 2. The topological polar surface area (TPSA) is 18.5 Å². The minimum atomic E-state index is -0.166. The van der Waals surface area contributed by atoms with Crippen LogP contribution in [0.25, 0.3) is 0 Å². The minimum Gasteiger partial charge on any atom is -0.355 e. The molecule has 0 amide bonds. The molecule has 0 rings (SSSR count). The SMILES string of the molecule is COC(OC)C(C)/C=C\C=C(/C)CCC=C(C)C. The summed E-state index contributed by atoms with van der Waals surface area (Å²) in [6.45, 7) is 8.52. The molecule has 0 saturated carbocycles. The maximum absolute atomic E-state index is 5.21. The maximum atomic E-state index is 5.21. The van der Waals surface area contributed by atoms with E-state index in [-0.39, 0.29) is 12.2 Å². The van der Waals surface area contributed by atoms with Gasteiger partial charge in [-0.15, -0.1) is 0 Å². The molecule has 0 aliphatic heterocycles. The predicted octanol–water partition coefficient (Wildman–Crippen LogP) is 4.49. The Labute approximate surface area is 112 Å². The molecule has 0 bridgehead atoms. The Kier molecular flexibility index (Phi) is 9.62. The molecular formula is C16H28O2. The van der Waals surface area contributed by atoms with Crippen LogP contribution in [0.4, 0.5) is 0 Å². The summed E-state index contributed by atoms with van der Waals surface area (Å²) in [5.41, 5.74) is 2.78. The second-order valence-electron chi connectivity index (χ2n) is 4.92. The number of rotatable bonds is 8.